The van der Waals surface area contributed by atoms with Gasteiger partial charge in [0.1, 0.15) is 0 Å². The van der Waals surface area contributed by atoms with Gasteiger partial charge in [-0.25, -0.2) is 0 Å². The summed E-state index contributed by atoms with van der Waals surface area (Å²) in [6, 6.07) is 0. The number of fused-ring (bicyclic) bond motifs is 5. The first-order valence-electron chi connectivity index (χ1n) is 11.2. The van der Waals surface area contributed by atoms with E-state index in [1.807, 2.05) is 0 Å². The summed E-state index contributed by atoms with van der Waals surface area (Å²) in [4.78, 5) is 11.0. The zero-order valence-corrected chi connectivity index (χ0v) is 17.0. The molecule has 146 valence electrons. The van der Waals surface area contributed by atoms with Crippen molar-refractivity contribution < 1.29 is 9.90 Å². The van der Waals surface area contributed by atoms with Crippen molar-refractivity contribution in [1.82, 2.24) is 0 Å². The van der Waals surface area contributed by atoms with Crippen molar-refractivity contribution in [3.05, 3.63) is 12.2 Å². The van der Waals surface area contributed by atoms with E-state index in [4.69, 9.17) is 5.11 Å². The quantitative estimate of drug-likeness (QED) is 0.598. The van der Waals surface area contributed by atoms with Gasteiger partial charge < -0.3 is 5.11 Å². The van der Waals surface area contributed by atoms with Crippen LogP contribution in [0, 0.1) is 46.3 Å². The lowest BCUT2D eigenvalue weighted by molar-refractivity contribution is -0.137. The Morgan fingerprint density at radius 2 is 1.85 bits per heavy atom. The van der Waals surface area contributed by atoms with Gasteiger partial charge in [-0.2, -0.15) is 0 Å². The molecule has 4 aliphatic carbocycles. The zero-order chi connectivity index (χ0) is 18.5. The highest BCUT2D eigenvalue weighted by Gasteiger charge is 2.59. The third kappa shape index (κ3) is 2.78. The molecule has 0 unspecified atom stereocenters. The molecule has 0 bridgehead atoms. The number of hydrogen-bond acceptors (Lipinski definition) is 1. The van der Waals surface area contributed by atoms with Gasteiger partial charge in [-0.05, 0) is 104 Å². The fourth-order valence-electron chi connectivity index (χ4n) is 8.37. The molecule has 26 heavy (non-hydrogen) atoms. The summed E-state index contributed by atoms with van der Waals surface area (Å²) >= 11 is 0. The summed E-state index contributed by atoms with van der Waals surface area (Å²) in [5, 5.41) is 9.09. The summed E-state index contributed by atoms with van der Waals surface area (Å²) in [6.07, 6.45) is 17.2. The van der Waals surface area contributed by atoms with Crippen LogP contribution in [0.5, 0.6) is 0 Å². The molecule has 0 aromatic heterocycles. The van der Waals surface area contributed by atoms with E-state index in [-0.39, 0.29) is 0 Å². The summed E-state index contributed by atoms with van der Waals surface area (Å²) < 4.78 is 0. The van der Waals surface area contributed by atoms with E-state index in [0.717, 1.165) is 36.0 Å². The van der Waals surface area contributed by atoms with Gasteiger partial charge in [0, 0.05) is 6.42 Å². The first-order chi connectivity index (χ1) is 12.4. The van der Waals surface area contributed by atoms with Crippen molar-refractivity contribution in [3.8, 4) is 0 Å². The molecule has 0 aliphatic heterocycles. The van der Waals surface area contributed by atoms with Crippen LogP contribution in [0.15, 0.2) is 12.2 Å². The number of hydrogen-bond donors (Lipinski definition) is 1. The fourth-order valence-corrected chi connectivity index (χ4v) is 8.37. The second-order valence-electron chi connectivity index (χ2n) is 10.7. The lowest BCUT2D eigenvalue weighted by Crippen LogP contribution is -2.52. The summed E-state index contributed by atoms with van der Waals surface area (Å²) in [7, 11) is 0. The highest BCUT2D eigenvalue weighted by Crippen LogP contribution is 2.67. The molecule has 0 amide bonds. The number of aliphatic carboxylic acids is 1. The predicted octanol–water partition coefficient (Wildman–Crippen LogP) is 6.31. The molecule has 4 aliphatic rings. The van der Waals surface area contributed by atoms with E-state index in [0.29, 0.717) is 23.2 Å². The van der Waals surface area contributed by atoms with E-state index in [2.05, 4.69) is 32.9 Å². The number of rotatable bonds is 4. The third-order valence-electron chi connectivity index (χ3n) is 9.78. The minimum Gasteiger partial charge on any atom is -0.481 e. The van der Waals surface area contributed by atoms with Gasteiger partial charge in [0.2, 0.25) is 0 Å². The monoisotopic (exact) mass is 358 g/mol. The molecule has 0 saturated heterocycles. The van der Waals surface area contributed by atoms with Gasteiger partial charge in [-0.1, -0.05) is 32.9 Å². The van der Waals surface area contributed by atoms with Gasteiger partial charge in [-0.15, -0.1) is 0 Å². The minimum atomic E-state index is -0.628. The standard InChI is InChI=1S/C24H38O2/c1-16(7-12-22(25)26)19-10-11-20-18-9-8-17-6-4-5-14-23(17,2)21(18)13-15-24(19,20)3/h4-5,16-21H,6-15H2,1-3H3,(H,25,26)/t16-,17+,18+,19-,20+,21+,23+,24-/m1/s1. The Balaban J connectivity index is 1.53. The Hall–Kier alpha value is -0.790. The molecular weight excluding hydrogens is 320 g/mol. The van der Waals surface area contributed by atoms with Crippen molar-refractivity contribution >= 4 is 5.97 Å². The molecular formula is C24H38O2. The Morgan fingerprint density at radius 3 is 2.62 bits per heavy atom. The second-order valence-corrected chi connectivity index (χ2v) is 10.7. The van der Waals surface area contributed by atoms with Crippen molar-refractivity contribution in [2.75, 3.05) is 0 Å². The number of carboxylic acid groups (broad SMARTS) is 1. The Bertz CT molecular complexity index is 581. The molecule has 0 radical (unpaired) electrons. The number of allylic oxidation sites excluding steroid dienone is 2. The number of carboxylic acids is 1. The van der Waals surface area contributed by atoms with Crippen LogP contribution in [0.3, 0.4) is 0 Å². The van der Waals surface area contributed by atoms with Crippen LogP contribution < -0.4 is 0 Å². The van der Waals surface area contributed by atoms with Crippen molar-refractivity contribution in [2.24, 2.45) is 46.3 Å². The highest BCUT2D eigenvalue weighted by atomic mass is 16.4. The predicted molar refractivity (Wildman–Crippen MR) is 106 cm³/mol. The lowest BCUT2D eigenvalue weighted by atomic mass is 9.45. The topological polar surface area (TPSA) is 37.3 Å². The van der Waals surface area contributed by atoms with Crippen molar-refractivity contribution in [2.45, 2.75) is 85.0 Å². The maximum Gasteiger partial charge on any atom is 0.303 e. The van der Waals surface area contributed by atoms with Crippen LogP contribution in [0.2, 0.25) is 0 Å². The summed E-state index contributed by atoms with van der Waals surface area (Å²) in [6.45, 7) is 7.53. The maximum absolute atomic E-state index is 11.0. The van der Waals surface area contributed by atoms with Gasteiger partial charge >= 0.3 is 5.97 Å². The van der Waals surface area contributed by atoms with E-state index in [9.17, 15) is 4.79 Å². The Labute approximate surface area is 159 Å². The average molecular weight is 359 g/mol. The molecule has 2 heteroatoms. The van der Waals surface area contributed by atoms with Gasteiger partial charge in [0.15, 0.2) is 0 Å². The average Bonchev–Trinajstić information content (AvgIpc) is 2.96. The maximum atomic E-state index is 11.0. The van der Waals surface area contributed by atoms with Crippen LogP contribution >= 0.6 is 0 Å². The van der Waals surface area contributed by atoms with Crippen LogP contribution in [0.1, 0.15) is 85.0 Å². The zero-order valence-electron chi connectivity index (χ0n) is 17.0. The molecule has 2 nitrogen and oxygen atoms in total. The van der Waals surface area contributed by atoms with Crippen LogP contribution in [0.25, 0.3) is 0 Å². The Morgan fingerprint density at radius 1 is 1.08 bits per heavy atom. The third-order valence-corrected chi connectivity index (χ3v) is 9.78. The minimum absolute atomic E-state index is 0.344. The van der Waals surface area contributed by atoms with Gasteiger partial charge in [-0.3, -0.25) is 4.79 Å². The summed E-state index contributed by atoms with van der Waals surface area (Å²) in [5.41, 5.74) is 1.01. The van der Waals surface area contributed by atoms with Crippen LogP contribution in [-0.4, -0.2) is 11.1 Å². The highest BCUT2D eigenvalue weighted by molar-refractivity contribution is 5.66. The molecule has 1 N–H and O–H groups in total. The fraction of sp³-hybridized carbons (Fsp3) is 0.875. The van der Waals surface area contributed by atoms with Crippen molar-refractivity contribution in [1.29, 1.82) is 0 Å². The smallest absolute Gasteiger partial charge is 0.303 e. The Kier molecular flexibility index (Phi) is 4.77. The second kappa shape index (κ2) is 6.67. The first-order valence-corrected chi connectivity index (χ1v) is 11.2. The largest absolute Gasteiger partial charge is 0.481 e. The van der Waals surface area contributed by atoms with Crippen LogP contribution in [0.4, 0.5) is 0 Å². The molecule has 3 saturated carbocycles. The van der Waals surface area contributed by atoms with Gasteiger partial charge in [0.05, 0.1) is 0 Å². The molecule has 0 aromatic carbocycles. The summed E-state index contributed by atoms with van der Waals surface area (Å²) in [5.74, 6) is 4.34. The lowest BCUT2D eigenvalue weighted by Gasteiger charge is -2.60. The molecule has 0 spiro atoms. The normalized spacial score (nSPS) is 48.3. The number of carbonyl (C=O) groups is 1. The molecule has 8 atom stereocenters. The first kappa shape index (κ1) is 18.6. The van der Waals surface area contributed by atoms with Crippen LogP contribution in [-0.2, 0) is 4.79 Å². The molecule has 4 rings (SSSR count). The van der Waals surface area contributed by atoms with E-state index in [1.165, 1.54) is 51.4 Å². The van der Waals surface area contributed by atoms with Crippen molar-refractivity contribution in [3.63, 3.8) is 0 Å². The van der Waals surface area contributed by atoms with Gasteiger partial charge in [0.25, 0.3) is 0 Å². The van der Waals surface area contributed by atoms with E-state index >= 15 is 0 Å². The van der Waals surface area contributed by atoms with E-state index < -0.39 is 5.97 Å². The SMILES string of the molecule is C[C@H](CCC(=O)O)[C@H]1CC[C@H]2[C@@H]3CC[C@@H]4CC=CC[C@]4(C)[C@H]3CC[C@]12C. The molecule has 0 heterocycles. The van der Waals surface area contributed by atoms with E-state index in [1.54, 1.807) is 0 Å². The molecule has 3 fully saturated rings. The molecule has 0 aromatic rings.